The van der Waals surface area contributed by atoms with E-state index in [0.717, 1.165) is 18.4 Å². The summed E-state index contributed by atoms with van der Waals surface area (Å²) in [5.41, 5.74) is 1.26. The van der Waals surface area contributed by atoms with Gasteiger partial charge >= 0.3 is 12.1 Å². The van der Waals surface area contributed by atoms with Crippen LogP contribution in [0.3, 0.4) is 0 Å². The molecule has 1 unspecified atom stereocenters. The van der Waals surface area contributed by atoms with Gasteiger partial charge in [-0.05, 0) is 74.9 Å². The molecule has 2 aliphatic rings. The number of sulfonamides is 1. The van der Waals surface area contributed by atoms with Crippen LogP contribution in [-0.4, -0.2) is 84.1 Å². The number of carbonyl (C=O) groups is 3. The molecule has 11 nitrogen and oxygen atoms in total. The molecule has 0 aromatic heterocycles. The molecule has 2 fully saturated rings. The van der Waals surface area contributed by atoms with Gasteiger partial charge in [0.25, 0.3) is 15.9 Å². The summed E-state index contributed by atoms with van der Waals surface area (Å²) in [6.45, 7) is 3.26. The minimum atomic E-state index is -4.49. The molecule has 3 atom stereocenters. The van der Waals surface area contributed by atoms with Crippen molar-refractivity contribution in [2.24, 2.45) is 5.92 Å². The lowest BCUT2D eigenvalue weighted by molar-refractivity contribution is -0.146. The van der Waals surface area contributed by atoms with Gasteiger partial charge < -0.3 is 25.2 Å². The van der Waals surface area contributed by atoms with E-state index in [1.165, 1.54) is 29.2 Å². The lowest BCUT2D eigenvalue weighted by Crippen LogP contribution is -2.54. The summed E-state index contributed by atoms with van der Waals surface area (Å²) in [6.07, 6.45) is 1.87. The standard InChI is InChI=1S/C28H35N3O8S/c1-19-6-12-23(13-7-19)40(37,38)31(26(33)24-5-2-14-29-24)25(27(34)35)16-20-8-10-22(11-9-20)39-28(36)30-15-3-4-21(17-30)18-32/h6-13,21,24-25,29,32H,2-5,14-18H2,1H3,(H,34,35)/t21?,24-,25-/m0/s1. The second kappa shape index (κ2) is 12.8. The molecule has 40 heavy (non-hydrogen) atoms. The van der Waals surface area contributed by atoms with E-state index in [1.54, 1.807) is 31.2 Å². The fourth-order valence-electron chi connectivity index (χ4n) is 5.04. The Kier molecular flexibility index (Phi) is 9.44. The van der Waals surface area contributed by atoms with Crippen molar-refractivity contribution in [1.82, 2.24) is 14.5 Å². The zero-order valence-corrected chi connectivity index (χ0v) is 23.2. The number of aliphatic hydroxyl groups is 1. The largest absolute Gasteiger partial charge is 0.480 e. The molecule has 4 rings (SSSR count). The number of carbonyl (C=O) groups excluding carboxylic acids is 2. The third-order valence-corrected chi connectivity index (χ3v) is 9.13. The molecule has 2 amide bonds. The molecular weight excluding hydrogens is 538 g/mol. The van der Waals surface area contributed by atoms with E-state index in [-0.39, 0.29) is 29.6 Å². The van der Waals surface area contributed by atoms with E-state index < -0.39 is 40.1 Å². The van der Waals surface area contributed by atoms with Crippen LogP contribution in [0.4, 0.5) is 4.79 Å². The first kappa shape index (κ1) is 29.5. The molecule has 0 spiro atoms. The van der Waals surface area contributed by atoms with Crippen molar-refractivity contribution >= 4 is 28.0 Å². The van der Waals surface area contributed by atoms with Crippen LogP contribution in [0.25, 0.3) is 0 Å². The minimum absolute atomic E-state index is 0.000809. The molecule has 0 radical (unpaired) electrons. The van der Waals surface area contributed by atoms with Gasteiger partial charge in [0, 0.05) is 26.1 Å². The van der Waals surface area contributed by atoms with Gasteiger partial charge in [0.1, 0.15) is 11.8 Å². The molecule has 0 aliphatic carbocycles. The predicted octanol–water partition coefficient (Wildman–Crippen LogP) is 2.16. The van der Waals surface area contributed by atoms with Crippen LogP contribution in [0.5, 0.6) is 5.75 Å². The van der Waals surface area contributed by atoms with Crippen LogP contribution < -0.4 is 10.1 Å². The van der Waals surface area contributed by atoms with E-state index in [0.29, 0.717) is 42.3 Å². The number of nitrogens with zero attached hydrogens (tertiary/aromatic N) is 2. The molecule has 2 saturated heterocycles. The Hall–Kier alpha value is -3.48. The Labute approximate surface area is 233 Å². The number of carboxylic acids is 1. The highest BCUT2D eigenvalue weighted by Gasteiger charge is 2.43. The number of likely N-dealkylation sites (tertiary alicyclic amines) is 1. The number of nitrogens with one attached hydrogen (secondary N) is 1. The predicted molar refractivity (Wildman–Crippen MR) is 145 cm³/mol. The van der Waals surface area contributed by atoms with Crippen molar-refractivity contribution in [2.45, 2.75) is 56.0 Å². The van der Waals surface area contributed by atoms with Crippen molar-refractivity contribution in [3.8, 4) is 5.75 Å². The number of piperidine rings is 1. The molecule has 3 N–H and O–H groups in total. The molecule has 0 saturated carbocycles. The zero-order chi connectivity index (χ0) is 28.9. The monoisotopic (exact) mass is 573 g/mol. The fraction of sp³-hybridized carbons (Fsp3) is 0.464. The summed E-state index contributed by atoms with van der Waals surface area (Å²) in [5.74, 6) is -2.01. The lowest BCUT2D eigenvalue weighted by atomic mass is 10.00. The van der Waals surface area contributed by atoms with Crippen molar-refractivity contribution in [3.63, 3.8) is 0 Å². The first-order chi connectivity index (χ1) is 19.1. The van der Waals surface area contributed by atoms with Gasteiger partial charge in [-0.1, -0.05) is 29.8 Å². The second-order valence-electron chi connectivity index (χ2n) is 10.3. The first-order valence-electron chi connectivity index (χ1n) is 13.4. The number of hydrogen-bond acceptors (Lipinski definition) is 8. The smallest absolute Gasteiger partial charge is 0.415 e. The summed E-state index contributed by atoms with van der Waals surface area (Å²) in [6, 6.07) is 9.49. The summed E-state index contributed by atoms with van der Waals surface area (Å²) in [7, 11) is -4.49. The quantitative estimate of drug-likeness (QED) is 0.410. The Morgan fingerprint density at radius 3 is 2.38 bits per heavy atom. The first-order valence-corrected chi connectivity index (χ1v) is 14.8. The van der Waals surface area contributed by atoms with Gasteiger partial charge in [-0.3, -0.25) is 4.79 Å². The van der Waals surface area contributed by atoms with Crippen LogP contribution >= 0.6 is 0 Å². The number of carboxylic acid groups (broad SMARTS) is 1. The van der Waals surface area contributed by atoms with Gasteiger partial charge in [0.2, 0.25) is 0 Å². The van der Waals surface area contributed by atoms with E-state index in [4.69, 9.17) is 4.74 Å². The molecular formula is C28H35N3O8S. The third kappa shape index (κ3) is 6.80. The van der Waals surface area contributed by atoms with E-state index in [2.05, 4.69) is 5.32 Å². The van der Waals surface area contributed by atoms with Crippen LogP contribution in [0.1, 0.15) is 36.8 Å². The van der Waals surface area contributed by atoms with Crippen LogP contribution in [-0.2, 0) is 26.0 Å². The van der Waals surface area contributed by atoms with Gasteiger partial charge in [-0.25, -0.2) is 22.3 Å². The molecule has 0 bridgehead atoms. The van der Waals surface area contributed by atoms with Gasteiger partial charge in [0.15, 0.2) is 0 Å². The number of aliphatic carboxylic acids is 1. The SMILES string of the molecule is Cc1ccc(S(=O)(=O)N(C(=O)[C@@H]2CCCN2)[C@@H](Cc2ccc(OC(=O)N3CCCC(CO)C3)cc2)C(=O)O)cc1. The van der Waals surface area contributed by atoms with Gasteiger partial charge in [0.05, 0.1) is 10.9 Å². The van der Waals surface area contributed by atoms with Crippen molar-refractivity contribution in [3.05, 3.63) is 59.7 Å². The topological polar surface area (TPSA) is 154 Å². The summed E-state index contributed by atoms with van der Waals surface area (Å²) in [5, 5.41) is 22.5. The van der Waals surface area contributed by atoms with Crippen LogP contribution in [0.2, 0.25) is 0 Å². The zero-order valence-electron chi connectivity index (χ0n) is 22.4. The Morgan fingerprint density at radius 2 is 1.77 bits per heavy atom. The van der Waals surface area contributed by atoms with Crippen molar-refractivity contribution in [2.75, 3.05) is 26.2 Å². The van der Waals surface area contributed by atoms with Crippen LogP contribution in [0.15, 0.2) is 53.4 Å². The highest BCUT2D eigenvalue weighted by molar-refractivity contribution is 7.89. The average molecular weight is 574 g/mol. The fourth-order valence-corrected chi connectivity index (χ4v) is 6.62. The van der Waals surface area contributed by atoms with Gasteiger partial charge in [-0.15, -0.1) is 0 Å². The van der Waals surface area contributed by atoms with Gasteiger partial charge in [-0.2, -0.15) is 0 Å². The maximum absolute atomic E-state index is 13.7. The molecule has 2 aromatic carbocycles. The maximum atomic E-state index is 13.7. The van der Waals surface area contributed by atoms with E-state index >= 15 is 0 Å². The van der Waals surface area contributed by atoms with E-state index in [1.807, 2.05) is 0 Å². The molecule has 2 aliphatic heterocycles. The highest BCUT2D eigenvalue weighted by Crippen LogP contribution is 2.25. The minimum Gasteiger partial charge on any atom is -0.480 e. The number of aryl methyl sites for hydroxylation is 1. The Balaban J connectivity index is 1.55. The highest BCUT2D eigenvalue weighted by atomic mass is 32.2. The number of rotatable bonds is 9. The average Bonchev–Trinajstić information content (AvgIpc) is 3.49. The van der Waals surface area contributed by atoms with Crippen molar-refractivity contribution < 1.29 is 37.8 Å². The van der Waals surface area contributed by atoms with Crippen LogP contribution in [0, 0.1) is 12.8 Å². The second-order valence-corrected chi connectivity index (χ2v) is 12.1. The summed E-state index contributed by atoms with van der Waals surface area (Å²) >= 11 is 0. The van der Waals surface area contributed by atoms with E-state index in [9.17, 15) is 33.0 Å². The normalized spacial score (nSPS) is 20.1. The summed E-state index contributed by atoms with van der Waals surface area (Å²) < 4.78 is 33.3. The number of amides is 2. The third-order valence-electron chi connectivity index (χ3n) is 7.31. The lowest BCUT2D eigenvalue weighted by Gasteiger charge is -2.31. The summed E-state index contributed by atoms with van der Waals surface area (Å²) in [4.78, 5) is 39.9. The number of benzene rings is 2. The molecule has 12 heteroatoms. The molecule has 2 aromatic rings. The Bertz CT molecular complexity index is 1310. The molecule has 216 valence electrons. The van der Waals surface area contributed by atoms with Crippen molar-refractivity contribution in [1.29, 1.82) is 0 Å². The Morgan fingerprint density at radius 1 is 1.07 bits per heavy atom. The maximum Gasteiger partial charge on any atom is 0.415 e. The number of ether oxygens (including phenoxy) is 1. The number of hydrogen-bond donors (Lipinski definition) is 3. The molecule has 2 heterocycles. The number of aliphatic hydroxyl groups excluding tert-OH is 1.